The monoisotopic (exact) mass is 490 g/mol. The van der Waals surface area contributed by atoms with E-state index in [4.69, 9.17) is 9.47 Å². The molecule has 4 heteroatoms. The fourth-order valence-electron chi connectivity index (χ4n) is 4.58. The third-order valence-electron chi connectivity index (χ3n) is 7.03. The average Bonchev–Trinajstić information content (AvgIpc) is 2.93. The molecule has 2 N–H and O–H groups in total. The zero-order valence-electron chi connectivity index (χ0n) is 22.1. The largest absolute Gasteiger partial charge is 0.494 e. The molecule has 3 rings (SSSR count). The Labute approximate surface area is 216 Å². The maximum Gasteiger partial charge on any atom is 0.119 e. The summed E-state index contributed by atoms with van der Waals surface area (Å²) in [7, 11) is 1.57. The first-order chi connectivity index (χ1) is 17.6. The maximum atomic E-state index is 9.67. The van der Waals surface area contributed by atoms with Crippen molar-refractivity contribution in [3.8, 4) is 28.0 Å². The Morgan fingerprint density at radius 1 is 0.778 bits per heavy atom. The van der Waals surface area contributed by atoms with Gasteiger partial charge in [-0.05, 0) is 71.2 Å². The van der Waals surface area contributed by atoms with Crippen LogP contribution < -0.4 is 4.74 Å². The van der Waals surface area contributed by atoms with Gasteiger partial charge in [0.05, 0.1) is 26.4 Å². The summed E-state index contributed by atoms with van der Waals surface area (Å²) in [6, 6.07) is 23.9. The topological polar surface area (TPSA) is 58.9 Å². The van der Waals surface area contributed by atoms with Crippen molar-refractivity contribution in [1.82, 2.24) is 0 Å². The maximum absolute atomic E-state index is 9.67. The first-order valence-electron chi connectivity index (χ1n) is 13.2. The molecule has 0 saturated heterocycles. The zero-order valence-corrected chi connectivity index (χ0v) is 22.1. The van der Waals surface area contributed by atoms with Gasteiger partial charge in [-0.2, -0.15) is 0 Å². The van der Waals surface area contributed by atoms with Gasteiger partial charge in [0.1, 0.15) is 5.75 Å². The summed E-state index contributed by atoms with van der Waals surface area (Å²) in [5.41, 5.74) is 6.97. The highest BCUT2D eigenvalue weighted by molar-refractivity contribution is 5.74. The number of methoxy groups -OCH3 is 1. The second kappa shape index (κ2) is 14.2. The summed E-state index contributed by atoms with van der Waals surface area (Å²) in [6.07, 6.45) is 6.43. The molecule has 0 aliphatic rings. The number of unbranched alkanes of at least 4 members (excludes halogenated alkanes) is 2. The fraction of sp³-hybridized carbons (Fsp3) is 0.438. The number of aliphatic hydroxyl groups is 2. The van der Waals surface area contributed by atoms with Crippen LogP contribution in [-0.2, 0) is 17.6 Å². The van der Waals surface area contributed by atoms with Gasteiger partial charge < -0.3 is 19.7 Å². The Bertz CT molecular complexity index is 1040. The van der Waals surface area contributed by atoms with Crippen LogP contribution in [0.1, 0.15) is 50.7 Å². The third-order valence-corrected chi connectivity index (χ3v) is 7.03. The van der Waals surface area contributed by atoms with E-state index in [-0.39, 0.29) is 13.2 Å². The standard InChI is InChI=1S/C32H42O4/c1-4-6-7-8-25-9-11-27(12-10-25)29-15-18-31(26(5-2)21-29)28-13-16-30(17-14-28)36-20-19-32(22-33,23-34)24-35-3/h9-18,21,33-34H,4-8,19-20,22-24H2,1-3H3. The molecule has 4 nitrogen and oxygen atoms in total. The van der Waals surface area contributed by atoms with E-state index >= 15 is 0 Å². The average molecular weight is 491 g/mol. The van der Waals surface area contributed by atoms with Crippen molar-refractivity contribution in [2.45, 2.75) is 52.4 Å². The van der Waals surface area contributed by atoms with Crippen LogP contribution in [0, 0.1) is 5.41 Å². The smallest absolute Gasteiger partial charge is 0.119 e. The molecular formula is C32H42O4. The predicted octanol–water partition coefficient (Wildman–Crippen LogP) is 6.70. The molecule has 0 spiro atoms. The Morgan fingerprint density at radius 3 is 2.06 bits per heavy atom. The van der Waals surface area contributed by atoms with E-state index in [9.17, 15) is 10.2 Å². The number of hydrogen-bond acceptors (Lipinski definition) is 4. The lowest BCUT2D eigenvalue weighted by Gasteiger charge is -2.28. The normalized spacial score (nSPS) is 11.6. The van der Waals surface area contributed by atoms with Crippen LogP contribution in [0.3, 0.4) is 0 Å². The molecule has 0 fully saturated rings. The molecule has 0 amide bonds. The summed E-state index contributed by atoms with van der Waals surface area (Å²) in [5.74, 6) is 0.773. The molecule has 0 aromatic heterocycles. The van der Waals surface area contributed by atoms with Crippen LogP contribution in [0.5, 0.6) is 5.75 Å². The zero-order chi connectivity index (χ0) is 25.8. The van der Waals surface area contributed by atoms with Gasteiger partial charge in [0.15, 0.2) is 0 Å². The molecular weight excluding hydrogens is 448 g/mol. The second-order valence-electron chi connectivity index (χ2n) is 9.75. The molecule has 0 atom stereocenters. The molecule has 0 unspecified atom stereocenters. The Morgan fingerprint density at radius 2 is 1.44 bits per heavy atom. The van der Waals surface area contributed by atoms with Crippen molar-refractivity contribution < 1.29 is 19.7 Å². The van der Waals surface area contributed by atoms with Crippen LogP contribution in [0.2, 0.25) is 0 Å². The van der Waals surface area contributed by atoms with Gasteiger partial charge in [-0.3, -0.25) is 0 Å². The summed E-state index contributed by atoms with van der Waals surface area (Å²) >= 11 is 0. The highest BCUT2D eigenvalue weighted by Gasteiger charge is 2.28. The van der Waals surface area contributed by atoms with Gasteiger partial charge in [0.2, 0.25) is 0 Å². The summed E-state index contributed by atoms with van der Waals surface area (Å²) in [4.78, 5) is 0. The van der Waals surface area contributed by atoms with E-state index in [2.05, 4.69) is 68.4 Å². The number of hydrogen-bond donors (Lipinski definition) is 2. The lowest BCUT2D eigenvalue weighted by atomic mass is 9.87. The van der Waals surface area contributed by atoms with Gasteiger partial charge in [-0.1, -0.05) is 81.3 Å². The van der Waals surface area contributed by atoms with E-state index in [1.54, 1.807) is 7.11 Å². The third kappa shape index (κ3) is 7.42. The number of aryl methyl sites for hydroxylation is 2. The van der Waals surface area contributed by atoms with Crippen molar-refractivity contribution in [2.24, 2.45) is 5.41 Å². The number of rotatable bonds is 15. The molecule has 0 bridgehead atoms. The molecule has 36 heavy (non-hydrogen) atoms. The highest BCUT2D eigenvalue weighted by atomic mass is 16.5. The van der Waals surface area contributed by atoms with Crippen LogP contribution in [0.15, 0.2) is 66.7 Å². The minimum Gasteiger partial charge on any atom is -0.494 e. The van der Waals surface area contributed by atoms with Gasteiger partial charge in [0, 0.05) is 12.5 Å². The highest BCUT2D eigenvalue weighted by Crippen LogP contribution is 2.31. The molecule has 3 aromatic rings. The molecule has 0 aliphatic heterocycles. The number of ether oxygens (including phenoxy) is 2. The second-order valence-corrected chi connectivity index (χ2v) is 9.75. The van der Waals surface area contributed by atoms with E-state index in [1.807, 2.05) is 12.1 Å². The SMILES string of the molecule is CCCCCc1ccc(-c2ccc(-c3ccc(OCCC(CO)(CO)COC)cc3)c(CC)c2)cc1. The molecule has 0 saturated carbocycles. The van der Waals surface area contributed by atoms with Crippen LogP contribution >= 0.6 is 0 Å². The first-order valence-corrected chi connectivity index (χ1v) is 13.2. The van der Waals surface area contributed by atoms with Crippen molar-refractivity contribution >= 4 is 0 Å². The quantitative estimate of drug-likeness (QED) is 0.233. The Hall–Kier alpha value is -2.66. The van der Waals surface area contributed by atoms with Gasteiger partial charge in [-0.25, -0.2) is 0 Å². The first kappa shape index (κ1) is 27.9. The van der Waals surface area contributed by atoms with Crippen molar-refractivity contribution in [3.05, 3.63) is 77.9 Å². The minimum atomic E-state index is -0.679. The minimum absolute atomic E-state index is 0.140. The molecule has 194 valence electrons. The summed E-state index contributed by atoms with van der Waals surface area (Å²) < 4.78 is 11.1. The number of benzene rings is 3. The van der Waals surface area contributed by atoms with Crippen molar-refractivity contribution in [3.63, 3.8) is 0 Å². The lowest BCUT2D eigenvalue weighted by Crippen LogP contribution is -2.36. The summed E-state index contributed by atoms with van der Waals surface area (Å²) in [6.45, 7) is 4.85. The Kier molecular flexibility index (Phi) is 11.0. The number of aliphatic hydroxyl groups excluding tert-OH is 2. The summed E-state index contributed by atoms with van der Waals surface area (Å²) in [5, 5.41) is 19.3. The van der Waals surface area contributed by atoms with E-state index in [1.165, 1.54) is 47.1 Å². The Balaban J connectivity index is 1.67. The van der Waals surface area contributed by atoms with Gasteiger partial charge in [0.25, 0.3) is 0 Å². The van der Waals surface area contributed by atoms with E-state index in [0.29, 0.717) is 19.6 Å². The van der Waals surface area contributed by atoms with Gasteiger partial charge in [-0.15, -0.1) is 0 Å². The molecule has 0 aliphatic carbocycles. The van der Waals surface area contributed by atoms with Crippen LogP contribution in [-0.4, -0.2) is 43.8 Å². The van der Waals surface area contributed by atoms with E-state index < -0.39 is 5.41 Å². The van der Waals surface area contributed by atoms with Crippen LogP contribution in [0.25, 0.3) is 22.3 Å². The fourth-order valence-corrected chi connectivity index (χ4v) is 4.58. The van der Waals surface area contributed by atoms with Crippen molar-refractivity contribution in [1.29, 1.82) is 0 Å². The molecule has 3 aromatic carbocycles. The van der Waals surface area contributed by atoms with E-state index in [0.717, 1.165) is 24.2 Å². The van der Waals surface area contributed by atoms with Crippen LogP contribution in [0.4, 0.5) is 0 Å². The predicted molar refractivity (Wildman–Crippen MR) is 149 cm³/mol. The lowest BCUT2D eigenvalue weighted by molar-refractivity contribution is -0.0242. The molecule has 0 heterocycles. The molecule has 0 radical (unpaired) electrons. The van der Waals surface area contributed by atoms with Gasteiger partial charge >= 0.3 is 0 Å². The van der Waals surface area contributed by atoms with Crippen molar-refractivity contribution in [2.75, 3.05) is 33.5 Å².